The van der Waals surface area contributed by atoms with E-state index in [-0.39, 0.29) is 17.9 Å². The van der Waals surface area contributed by atoms with Crippen molar-refractivity contribution in [1.29, 1.82) is 0 Å². The van der Waals surface area contributed by atoms with E-state index in [1.807, 2.05) is 43.9 Å². The van der Waals surface area contributed by atoms with Gasteiger partial charge in [-0.15, -0.1) is 0 Å². The minimum atomic E-state index is -0.144. The van der Waals surface area contributed by atoms with Gasteiger partial charge in [0.05, 0.1) is 0 Å². The van der Waals surface area contributed by atoms with Crippen LogP contribution in [0.2, 0.25) is 0 Å². The number of pyridine rings is 1. The number of hydrogen-bond donors (Lipinski definition) is 0. The second-order valence-corrected chi connectivity index (χ2v) is 6.26. The molecule has 1 atom stereocenters. The maximum atomic E-state index is 13.1. The van der Waals surface area contributed by atoms with Crippen LogP contribution in [0.25, 0.3) is 0 Å². The van der Waals surface area contributed by atoms with Crippen LogP contribution in [0.15, 0.2) is 42.6 Å². The van der Waals surface area contributed by atoms with Crippen molar-refractivity contribution in [2.75, 3.05) is 18.0 Å². The van der Waals surface area contributed by atoms with Crippen molar-refractivity contribution in [3.8, 4) is 0 Å². The van der Waals surface area contributed by atoms with Gasteiger partial charge in [-0.2, -0.15) is 0 Å². The van der Waals surface area contributed by atoms with Crippen LogP contribution in [0, 0.1) is 0 Å². The van der Waals surface area contributed by atoms with Gasteiger partial charge in [0.25, 0.3) is 11.8 Å². The molecule has 0 saturated heterocycles. The van der Waals surface area contributed by atoms with E-state index in [0.29, 0.717) is 24.3 Å². The Morgan fingerprint density at radius 2 is 1.92 bits per heavy atom. The second kappa shape index (κ2) is 7.05. The first-order chi connectivity index (χ1) is 12.1. The molecule has 1 aliphatic rings. The summed E-state index contributed by atoms with van der Waals surface area (Å²) in [5, 5.41) is 0. The van der Waals surface area contributed by atoms with E-state index < -0.39 is 0 Å². The number of aromatic nitrogens is 1. The minimum absolute atomic E-state index is 0.0894. The highest BCUT2D eigenvalue weighted by molar-refractivity contribution is 6.08. The van der Waals surface area contributed by atoms with E-state index in [2.05, 4.69) is 11.1 Å². The molecular weight excluding hydrogens is 314 g/mol. The van der Waals surface area contributed by atoms with Gasteiger partial charge in [-0.05, 0) is 51.0 Å². The van der Waals surface area contributed by atoms with Crippen LogP contribution >= 0.6 is 0 Å². The summed E-state index contributed by atoms with van der Waals surface area (Å²) in [7, 11) is 0. The fourth-order valence-electron chi connectivity index (χ4n) is 3.37. The number of hydrogen-bond acceptors (Lipinski definition) is 3. The van der Waals surface area contributed by atoms with E-state index in [1.165, 1.54) is 11.8 Å². The van der Waals surface area contributed by atoms with Gasteiger partial charge < -0.3 is 9.80 Å². The van der Waals surface area contributed by atoms with Crippen LogP contribution in [0.3, 0.4) is 0 Å². The van der Waals surface area contributed by atoms with Crippen molar-refractivity contribution in [3.63, 3.8) is 0 Å². The Balaban J connectivity index is 1.91. The fourth-order valence-corrected chi connectivity index (χ4v) is 3.37. The van der Waals surface area contributed by atoms with E-state index in [0.717, 1.165) is 12.1 Å². The number of nitrogens with zero attached hydrogens (tertiary/aromatic N) is 3. The van der Waals surface area contributed by atoms with Crippen molar-refractivity contribution in [1.82, 2.24) is 9.88 Å². The smallest absolute Gasteiger partial charge is 0.272 e. The molecule has 1 unspecified atom stereocenters. The number of carbonyl (C=O) groups is 2. The van der Waals surface area contributed by atoms with E-state index in [4.69, 9.17) is 0 Å². The molecule has 3 rings (SSSR count). The number of amides is 2. The highest BCUT2D eigenvalue weighted by Crippen LogP contribution is 2.33. The molecule has 25 heavy (non-hydrogen) atoms. The Kier molecular flexibility index (Phi) is 4.83. The number of carbonyl (C=O) groups excluding carboxylic acids is 2. The summed E-state index contributed by atoms with van der Waals surface area (Å²) < 4.78 is 0. The lowest BCUT2D eigenvalue weighted by atomic mass is 10.1. The standard InChI is InChI=1S/C20H23N3O2/c1-4-22(5-2)20(25)17-13-16(10-11-21-17)19(24)23-14(3)12-15-8-6-7-9-18(15)23/h6-11,13-14H,4-5,12H2,1-3H3. The summed E-state index contributed by atoms with van der Waals surface area (Å²) in [6, 6.07) is 11.3. The lowest BCUT2D eigenvalue weighted by molar-refractivity contribution is 0.0767. The van der Waals surface area contributed by atoms with Crippen molar-refractivity contribution < 1.29 is 9.59 Å². The van der Waals surface area contributed by atoms with Crippen LogP contribution in [0.1, 0.15) is 47.2 Å². The molecule has 0 radical (unpaired) electrons. The van der Waals surface area contributed by atoms with Crippen LogP contribution in [0.5, 0.6) is 0 Å². The summed E-state index contributed by atoms with van der Waals surface area (Å²) >= 11 is 0. The van der Waals surface area contributed by atoms with Gasteiger partial charge in [0.2, 0.25) is 0 Å². The molecule has 1 aromatic heterocycles. The molecule has 1 aliphatic heterocycles. The van der Waals surface area contributed by atoms with Gasteiger partial charge in [0, 0.05) is 36.6 Å². The molecule has 0 spiro atoms. The summed E-state index contributed by atoms with van der Waals surface area (Å²) in [6.07, 6.45) is 2.38. The van der Waals surface area contributed by atoms with Crippen LogP contribution < -0.4 is 4.90 Å². The number of rotatable bonds is 4. The molecule has 2 heterocycles. The lowest BCUT2D eigenvalue weighted by Crippen LogP contribution is -2.36. The van der Waals surface area contributed by atoms with Crippen molar-refractivity contribution in [2.45, 2.75) is 33.2 Å². The minimum Gasteiger partial charge on any atom is -0.338 e. The monoisotopic (exact) mass is 337 g/mol. The molecule has 0 fully saturated rings. The third-order valence-electron chi connectivity index (χ3n) is 4.70. The SMILES string of the molecule is CCN(CC)C(=O)c1cc(C(=O)N2c3ccccc3CC2C)ccn1. The summed E-state index contributed by atoms with van der Waals surface area (Å²) in [5.74, 6) is -0.233. The Hall–Kier alpha value is -2.69. The topological polar surface area (TPSA) is 53.5 Å². The average Bonchev–Trinajstić information content (AvgIpc) is 2.97. The second-order valence-electron chi connectivity index (χ2n) is 6.26. The molecule has 2 aromatic rings. The normalized spacial score (nSPS) is 15.8. The van der Waals surface area contributed by atoms with E-state index >= 15 is 0 Å². The Labute approximate surface area is 148 Å². The molecule has 0 saturated carbocycles. The predicted octanol–water partition coefficient (Wildman–Crippen LogP) is 3.16. The highest BCUT2D eigenvalue weighted by Gasteiger charge is 2.31. The largest absolute Gasteiger partial charge is 0.338 e. The maximum absolute atomic E-state index is 13.1. The third-order valence-corrected chi connectivity index (χ3v) is 4.70. The van der Waals surface area contributed by atoms with Gasteiger partial charge in [-0.3, -0.25) is 14.6 Å². The Morgan fingerprint density at radius 3 is 2.64 bits per heavy atom. The number of fused-ring (bicyclic) bond motifs is 1. The zero-order valence-corrected chi connectivity index (χ0v) is 14.9. The molecule has 5 heteroatoms. The van der Waals surface area contributed by atoms with Gasteiger partial charge in [-0.1, -0.05) is 18.2 Å². The van der Waals surface area contributed by atoms with Crippen LogP contribution in [-0.4, -0.2) is 40.8 Å². The number of para-hydroxylation sites is 1. The van der Waals surface area contributed by atoms with Crippen molar-refractivity contribution >= 4 is 17.5 Å². The van der Waals surface area contributed by atoms with Gasteiger partial charge in [0.1, 0.15) is 5.69 Å². The molecule has 0 bridgehead atoms. The van der Waals surface area contributed by atoms with Crippen molar-refractivity contribution in [2.24, 2.45) is 0 Å². The number of anilines is 1. The lowest BCUT2D eigenvalue weighted by Gasteiger charge is -2.23. The zero-order valence-electron chi connectivity index (χ0n) is 14.9. The molecule has 0 aliphatic carbocycles. The first-order valence-electron chi connectivity index (χ1n) is 8.73. The Morgan fingerprint density at radius 1 is 1.20 bits per heavy atom. The maximum Gasteiger partial charge on any atom is 0.272 e. The first kappa shape index (κ1) is 17.1. The fraction of sp³-hybridized carbons (Fsp3) is 0.350. The van der Waals surface area contributed by atoms with Crippen molar-refractivity contribution in [3.05, 3.63) is 59.4 Å². The van der Waals surface area contributed by atoms with Gasteiger partial charge >= 0.3 is 0 Å². The van der Waals surface area contributed by atoms with Crippen LogP contribution in [0.4, 0.5) is 5.69 Å². The molecule has 2 amide bonds. The van der Waals surface area contributed by atoms with E-state index in [1.54, 1.807) is 17.0 Å². The quantitative estimate of drug-likeness (QED) is 0.861. The molecule has 0 N–H and O–H groups in total. The molecule has 130 valence electrons. The predicted molar refractivity (Wildman–Crippen MR) is 97.9 cm³/mol. The van der Waals surface area contributed by atoms with E-state index in [9.17, 15) is 9.59 Å². The third kappa shape index (κ3) is 3.14. The van der Waals surface area contributed by atoms with Gasteiger partial charge in [0.15, 0.2) is 0 Å². The zero-order chi connectivity index (χ0) is 18.0. The average molecular weight is 337 g/mol. The van der Waals surface area contributed by atoms with Crippen LogP contribution in [-0.2, 0) is 6.42 Å². The number of benzene rings is 1. The molecular formula is C20H23N3O2. The summed E-state index contributed by atoms with van der Waals surface area (Å²) in [6.45, 7) is 7.14. The molecule has 1 aromatic carbocycles. The highest BCUT2D eigenvalue weighted by atomic mass is 16.2. The summed E-state index contributed by atoms with van der Waals surface area (Å²) in [4.78, 5) is 33.3. The first-order valence-corrected chi connectivity index (χ1v) is 8.73. The molecule has 5 nitrogen and oxygen atoms in total. The van der Waals surface area contributed by atoms with Gasteiger partial charge in [-0.25, -0.2) is 0 Å². The summed E-state index contributed by atoms with van der Waals surface area (Å²) in [5.41, 5.74) is 2.94. The Bertz CT molecular complexity index is 799.